The number of rotatable bonds is 29. The van der Waals surface area contributed by atoms with E-state index in [0.29, 0.717) is 12.8 Å². The van der Waals surface area contributed by atoms with Gasteiger partial charge in [0.2, 0.25) is 0 Å². The van der Waals surface area contributed by atoms with Gasteiger partial charge in [0.15, 0.2) is 6.10 Å². The quantitative estimate of drug-likeness (QED) is 0.0432. The number of esters is 2. The van der Waals surface area contributed by atoms with Crippen molar-refractivity contribution in [1.29, 1.82) is 0 Å². The van der Waals surface area contributed by atoms with Crippen LogP contribution in [0.4, 0.5) is 0 Å². The maximum absolute atomic E-state index is 12.5. The second-order valence-electron chi connectivity index (χ2n) is 12.4. The van der Waals surface area contributed by atoms with Gasteiger partial charge in [-0.3, -0.25) is 9.59 Å². The first-order chi connectivity index (χ1) is 20.1. The SMILES string of the molecule is CCCCCC/C=C/CCCC(=O)OC(COCCC(C(=O)[O-])[N+](C)(C)C)COC(=O)CCCCCCCCCCC. The number of unbranched alkanes of at least 4 members (excludes halogenated alkanes) is 13. The van der Waals surface area contributed by atoms with Crippen LogP contribution < -0.4 is 5.11 Å². The Morgan fingerprint density at radius 2 is 1.21 bits per heavy atom. The summed E-state index contributed by atoms with van der Waals surface area (Å²) in [6.07, 6.45) is 22.5. The average Bonchev–Trinajstić information content (AvgIpc) is 2.92. The number of allylic oxidation sites excluding steroid dienone is 2. The third-order valence-electron chi connectivity index (χ3n) is 7.40. The van der Waals surface area contributed by atoms with Crippen molar-refractivity contribution in [1.82, 2.24) is 0 Å². The summed E-state index contributed by atoms with van der Waals surface area (Å²) in [6, 6.07) is -0.722. The number of ether oxygens (including phenoxy) is 3. The number of hydrogen-bond donors (Lipinski definition) is 0. The number of carbonyl (C=O) groups excluding carboxylic acids is 3. The van der Waals surface area contributed by atoms with Crippen LogP contribution in [0.15, 0.2) is 12.2 Å². The molecule has 0 aliphatic rings. The molecule has 0 aliphatic heterocycles. The fraction of sp³-hybridized carbons (Fsp3) is 0.853. The molecule has 0 fully saturated rings. The van der Waals surface area contributed by atoms with E-state index in [0.717, 1.165) is 32.1 Å². The average molecular weight is 598 g/mol. The molecular formula is C34H63NO7. The van der Waals surface area contributed by atoms with Crippen molar-refractivity contribution < 1.29 is 38.2 Å². The van der Waals surface area contributed by atoms with Crippen LogP contribution in [0, 0.1) is 0 Å². The van der Waals surface area contributed by atoms with Crippen molar-refractivity contribution in [2.45, 2.75) is 148 Å². The van der Waals surface area contributed by atoms with Gasteiger partial charge in [-0.05, 0) is 32.1 Å². The van der Waals surface area contributed by atoms with E-state index in [9.17, 15) is 19.5 Å². The van der Waals surface area contributed by atoms with Crippen LogP contribution in [0.3, 0.4) is 0 Å². The third-order valence-corrected chi connectivity index (χ3v) is 7.40. The van der Waals surface area contributed by atoms with E-state index in [1.165, 1.54) is 64.2 Å². The molecule has 2 unspecified atom stereocenters. The van der Waals surface area contributed by atoms with Gasteiger partial charge in [0.25, 0.3) is 0 Å². The molecule has 42 heavy (non-hydrogen) atoms. The van der Waals surface area contributed by atoms with Crippen molar-refractivity contribution in [2.75, 3.05) is 41.0 Å². The summed E-state index contributed by atoms with van der Waals surface area (Å²) >= 11 is 0. The fourth-order valence-corrected chi connectivity index (χ4v) is 4.72. The molecule has 0 bridgehead atoms. The van der Waals surface area contributed by atoms with Crippen molar-refractivity contribution >= 4 is 17.9 Å². The lowest BCUT2D eigenvalue weighted by Gasteiger charge is -2.34. The van der Waals surface area contributed by atoms with Gasteiger partial charge < -0.3 is 28.6 Å². The lowest BCUT2D eigenvalue weighted by molar-refractivity contribution is -0.889. The number of carbonyl (C=O) groups is 3. The highest BCUT2D eigenvalue weighted by Crippen LogP contribution is 2.12. The zero-order valence-electron chi connectivity index (χ0n) is 27.7. The zero-order chi connectivity index (χ0) is 31.5. The largest absolute Gasteiger partial charge is 0.544 e. The molecule has 8 nitrogen and oxygen atoms in total. The van der Waals surface area contributed by atoms with Crippen LogP contribution in [-0.2, 0) is 28.6 Å². The first-order valence-electron chi connectivity index (χ1n) is 16.7. The van der Waals surface area contributed by atoms with E-state index in [-0.39, 0.29) is 49.1 Å². The molecule has 0 aliphatic carbocycles. The van der Waals surface area contributed by atoms with Crippen molar-refractivity contribution in [2.24, 2.45) is 0 Å². The second kappa shape index (κ2) is 26.7. The Hall–Kier alpha value is -1.93. The summed E-state index contributed by atoms with van der Waals surface area (Å²) in [5.74, 6) is -1.78. The van der Waals surface area contributed by atoms with Crippen LogP contribution in [0.1, 0.15) is 136 Å². The summed E-state index contributed by atoms with van der Waals surface area (Å²) in [7, 11) is 5.37. The minimum absolute atomic E-state index is 0.0334. The molecule has 0 saturated carbocycles. The lowest BCUT2D eigenvalue weighted by Crippen LogP contribution is -2.55. The minimum atomic E-state index is -1.13. The molecule has 0 saturated heterocycles. The van der Waals surface area contributed by atoms with Crippen molar-refractivity contribution in [3.05, 3.63) is 12.2 Å². The fourth-order valence-electron chi connectivity index (χ4n) is 4.72. The Labute approximate surface area is 257 Å². The summed E-state index contributed by atoms with van der Waals surface area (Å²) < 4.78 is 16.9. The Balaban J connectivity index is 4.53. The van der Waals surface area contributed by atoms with Gasteiger partial charge in [-0.25, -0.2) is 0 Å². The molecule has 0 aromatic heterocycles. The van der Waals surface area contributed by atoms with E-state index in [2.05, 4.69) is 26.0 Å². The van der Waals surface area contributed by atoms with Gasteiger partial charge >= 0.3 is 11.9 Å². The molecule has 8 heteroatoms. The number of aliphatic carboxylic acids is 1. The van der Waals surface area contributed by atoms with Crippen LogP contribution in [0.25, 0.3) is 0 Å². The van der Waals surface area contributed by atoms with Crippen LogP contribution in [0.2, 0.25) is 0 Å². The summed E-state index contributed by atoms with van der Waals surface area (Å²) in [6.45, 7) is 4.55. The number of quaternary nitrogens is 1. The predicted molar refractivity (Wildman–Crippen MR) is 167 cm³/mol. The normalized spacial score (nSPS) is 13.3. The minimum Gasteiger partial charge on any atom is -0.544 e. The molecule has 0 spiro atoms. The Bertz CT molecular complexity index is 717. The van der Waals surface area contributed by atoms with E-state index >= 15 is 0 Å². The first-order valence-corrected chi connectivity index (χ1v) is 16.7. The van der Waals surface area contributed by atoms with Crippen LogP contribution in [-0.4, -0.2) is 75.5 Å². The van der Waals surface area contributed by atoms with Gasteiger partial charge in [0.1, 0.15) is 12.6 Å². The monoisotopic (exact) mass is 597 g/mol. The number of carboxylic acids is 1. The highest BCUT2D eigenvalue weighted by Gasteiger charge is 2.25. The highest BCUT2D eigenvalue weighted by atomic mass is 16.6. The smallest absolute Gasteiger partial charge is 0.306 e. The van der Waals surface area contributed by atoms with Crippen molar-refractivity contribution in [3.8, 4) is 0 Å². The molecule has 0 N–H and O–H groups in total. The van der Waals surface area contributed by atoms with Gasteiger partial charge in [0, 0.05) is 19.3 Å². The second-order valence-corrected chi connectivity index (χ2v) is 12.4. The third kappa shape index (κ3) is 24.6. The molecule has 0 amide bonds. The molecule has 0 radical (unpaired) electrons. The molecule has 0 heterocycles. The van der Waals surface area contributed by atoms with E-state index < -0.39 is 18.1 Å². The molecule has 0 aromatic rings. The van der Waals surface area contributed by atoms with Gasteiger partial charge in [-0.2, -0.15) is 0 Å². The Morgan fingerprint density at radius 1 is 0.690 bits per heavy atom. The number of carboxylic acid groups (broad SMARTS) is 1. The Kier molecular flexibility index (Phi) is 25.5. The van der Waals surface area contributed by atoms with Gasteiger partial charge in [0.05, 0.1) is 40.3 Å². The van der Waals surface area contributed by atoms with E-state index in [1.54, 1.807) is 21.1 Å². The summed E-state index contributed by atoms with van der Waals surface area (Å²) in [5, 5.41) is 11.5. The number of likely N-dealkylation sites (N-methyl/N-ethyl adjacent to an activating group) is 1. The summed E-state index contributed by atoms with van der Waals surface area (Å²) in [5.41, 5.74) is 0. The topological polar surface area (TPSA) is 102 Å². The maximum atomic E-state index is 12.5. The number of hydrogen-bond acceptors (Lipinski definition) is 7. The van der Waals surface area contributed by atoms with Crippen molar-refractivity contribution in [3.63, 3.8) is 0 Å². The highest BCUT2D eigenvalue weighted by molar-refractivity contribution is 5.70. The molecule has 0 aromatic carbocycles. The molecular weight excluding hydrogens is 534 g/mol. The maximum Gasteiger partial charge on any atom is 0.306 e. The van der Waals surface area contributed by atoms with Crippen LogP contribution >= 0.6 is 0 Å². The zero-order valence-corrected chi connectivity index (χ0v) is 27.7. The first kappa shape index (κ1) is 40.1. The van der Waals surface area contributed by atoms with E-state index in [1.807, 2.05) is 0 Å². The molecule has 0 rings (SSSR count). The van der Waals surface area contributed by atoms with Gasteiger partial charge in [-0.15, -0.1) is 0 Å². The molecule has 2 atom stereocenters. The van der Waals surface area contributed by atoms with Crippen LogP contribution in [0.5, 0.6) is 0 Å². The summed E-state index contributed by atoms with van der Waals surface area (Å²) in [4.78, 5) is 36.3. The lowest BCUT2D eigenvalue weighted by atomic mass is 10.1. The predicted octanol–water partition coefficient (Wildman–Crippen LogP) is 6.29. The molecule has 246 valence electrons. The van der Waals surface area contributed by atoms with E-state index in [4.69, 9.17) is 14.2 Å². The Morgan fingerprint density at radius 3 is 1.79 bits per heavy atom. The standard InChI is InChI=1S/C34H63NO7/c1-6-8-10-12-14-16-18-20-22-24-32(36)41-29-30(28-40-27-26-31(34(38)39)35(3,4)5)42-33(37)25-23-21-19-17-15-13-11-9-7-2/h17,19,30-31H,6-16,18,20-29H2,1-5H3/b19-17+. The number of nitrogens with zero attached hydrogens (tertiary/aromatic N) is 1. The van der Waals surface area contributed by atoms with Gasteiger partial charge in [-0.1, -0.05) is 96.6 Å².